The monoisotopic (exact) mass is 158 g/mol. The molecule has 0 rings (SSSR count). The summed E-state index contributed by atoms with van der Waals surface area (Å²) in [4.78, 5) is 0. The van der Waals surface area contributed by atoms with Crippen molar-refractivity contribution in [3.8, 4) is 0 Å². The minimum atomic E-state index is 0.359. The Morgan fingerprint density at radius 3 is 2.36 bits per heavy atom. The molecule has 0 aliphatic heterocycles. The van der Waals surface area contributed by atoms with Crippen LogP contribution in [0.1, 0.15) is 27.2 Å². The summed E-state index contributed by atoms with van der Waals surface area (Å²) in [6, 6.07) is 0. The fourth-order valence-corrected chi connectivity index (χ4v) is 0.537. The molecule has 0 radical (unpaired) electrons. The predicted molar refractivity (Wildman–Crippen MR) is 44.4 cm³/mol. The van der Waals surface area contributed by atoms with Gasteiger partial charge in [0.15, 0.2) is 12.3 Å². The minimum absolute atomic E-state index is 0.359. The summed E-state index contributed by atoms with van der Waals surface area (Å²) >= 11 is 0. The molecular weight excluding hydrogens is 144 g/mol. The second kappa shape index (κ2) is 4.71. The van der Waals surface area contributed by atoms with E-state index in [4.69, 9.17) is 5.21 Å². The van der Waals surface area contributed by atoms with Gasteiger partial charge in [0.2, 0.25) is 0 Å². The van der Waals surface area contributed by atoms with Crippen molar-refractivity contribution >= 4 is 11.4 Å². The van der Waals surface area contributed by atoms with Gasteiger partial charge in [0.1, 0.15) is 0 Å². The van der Waals surface area contributed by atoms with Crippen LogP contribution in [0.3, 0.4) is 0 Å². The Balaban J connectivity index is 3.82. The van der Waals surface area contributed by atoms with Gasteiger partial charge in [-0.05, 0) is 6.92 Å². The van der Waals surface area contributed by atoms with E-state index in [-0.39, 0.29) is 0 Å². The van der Waals surface area contributed by atoms with Gasteiger partial charge in [0.05, 0.1) is 5.71 Å². The van der Waals surface area contributed by atoms with Gasteiger partial charge in [0.25, 0.3) is 0 Å². The fourth-order valence-electron chi connectivity index (χ4n) is 0.537. The molecule has 4 heteroatoms. The van der Waals surface area contributed by atoms with Crippen LogP contribution in [0.25, 0.3) is 0 Å². The van der Waals surface area contributed by atoms with Gasteiger partial charge in [-0.2, -0.15) is 0 Å². The fraction of sp³-hybridized carbons (Fsp3) is 0.714. The predicted octanol–water partition coefficient (Wildman–Crippen LogP) is 1.22. The lowest BCUT2D eigenvalue weighted by Gasteiger charge is -2.04. The Labute approximate surface area is 66.4 Å². The van der Waals surface area contributed by atoms with Gasteiger partial charge >= 0.3 is 0 Å². The van der Waals surface area contributed by atoms with Crippen LogP contribution in [0.15, 0.2) is 5.16 Å². The van der Waals surface area contributed by atoms with Crippen LogP contribution in [0, 0.1) is 5.21 Å². The number of oxime groups is 1. The SMILES string of the molecule is CC(C)=[N+]([O-])CC/C(C)=N\O. The van der Waals surface area contributed by atoms with Crippen LogP contribution < -0.4 is 0 Å². The summed E-state index contributed by atoms with van der Waals surface area (Å²) in [7, 11) is 0. The van der Waals surface area contributed by atoms with E-state index in [1.54, 1.807) is 20.8 Å². The number of rotatable bonds is 3. The average Bonchev–Trinajstić information content (AvgIpc) is 1.99. The second-order valence-corrected chi connectivity index (χ2v) is 2.63. The zero-order chi connectivity index (χ0) is 8.85. The molecule has 0 fully saturated rings. The molecule has 0 unspecified atom stereocenters. The highest BCUT2D eigenvalue weighted by Gasteiger charge is 1.98. The Morgan fingerprint density at radius 2 is 2.00 bits per heavy atom. The van der Waals surface area contributed by atoms with Crippen LogP contribution in [0.2, 0.25) is 0 Å². The molecule has 0 saturated carbocycles. The van der Waals surface area contributed by atoms with Crippen molar-refractivity contribution in [3.63, 3.8) is 0 Å². The third-order valence-electron chi connectivity index (χ3n) is 1.35. The number of hydrogen-bond acceptors (Lipinski definition) is 3. The third-order valence-corrected chi connectivity index (χ3v) is 1.35. The Bertz CT molecular complexity index is 181. The maximum atomic E-state index is 10.9. The zero-order valence-electron chi connectivity index (χ0n) is 7.16. The normalized spacial score (nSPS) is 11.4. The molecule has 0 atom stereocenters. The molecule has 11 heavy (non-hydrogen) atoms. The van der Waals surface area contributed by atoms with Gasteiger partial charge in [-0.1, -0.05) is 5.16 Å². The van der Waals surface area contributed by atoms with Crippen molar-refractivity contribution in [2.45, 2.75) is 27.2 Å². The largest absolute Gasteiger partial charge is 0.624 e. The van der Waals surface area contributed by atoms with E-state index in [1.807, 2.05) is 0 Å². The quantitative estimate of drug-likeness (QED) is 0.221. The first-order valence-electron chi connectivity index (χ1n) is 3.50. The average molecular weight is 158 g/mol. The van der Waals surface area contributed by atoms with Gasteiger partial charge in [-0.25, -0.2) is 4.74 Å². The molecule has 0 spiro atoms. The van der Waals surface area contributed by atoms with Crippen molar-refractivity contribution in [1.29, 1.82) is 0 Å². The molecule has 64 valence electrons. The first kappa shape index (κ1) is 9.94. The maximum Gasteiger partial charge on any atom is 0.158 e. The molecule has 0 aromatic rings. The topological polar surface area (TPSA) is 58.7 Å². The van der Waals surface area contributed by atoms with E-state index in [0.29, 0.717) is 18.7 Å². The van der Waals surface area contributed by atoms with E-state index in [9.17, 15) is 5.21 Å². The molecule has 0 aliphatic carbocycles. The molecule has 0 bridgehead atoms. The summed E-state index contributed by atoms with van der Waals surface area (Å²) in [6.45, 7) is 5.54. The standard InChI is InChI=1S/C7H14N2O2/c1-6(2)9(11)5-4-7(3)8-10/h10H,4-5H2,1-3H3/b8-7-. The Kier molecular flexibility index (Phi) is 4.26. The first-order valence-corrected chi connectivity index (χ1v) is 3.50. The molecule has 1 N–H and O–H groups in total. The van der Waals surface area contributed by atoms with E-state index in [1.165, 1.54) is 0 Å². The molecule has 0 aromatic heterocycles. The van der Waals surface area contributed by atoms with Crippen molar-refractivity contribution in [3.05, 3.63) is 5.21 Å². The van der Waals surface area contributed by atoms with Gasteiger partial charge in [0, 0.05) is 20.3 Å². The van der Waals surface area contributed by atoms with E-state index >= 15 is 0 Å². The van der Waals surface area contributed by atoms with Crippen LogP contribution in [-0.2, 0) is 0 Å². The molecule has 0 saturated heterocycles. The summed E-state index contributed by atoms with van der Waals surface area (Å²) in [5.74, 6) is 0. The summed E-state index contributed by atoms with van der Waals surface area (Å²) in [5.41, 5.74) is 1.29. The number of hydrogen-bond donors (Lipinski definition) is 1. The lowest BCUT2D eigenvalue weighted by molar-refractivity contribution is -0.456. The van der Waals surface area contributed by atoms with Crippen molar-refractivity contribution in [1.82, 2.24) is 0 Å². The number of nitrogens with zero attached hydrogens (tertiary/aromatic N) is 2. The molecule has 0 heterocycles. The van der Waals surface area contributed by atoms with Crippen LogP contribution in [0.5, 0.6) is 0 Å². The van der Waals surface area contributed by atoms with Crippen molar-refractivity contribution < 1.29 is 9.95 Å². The van der Waals surface area contributed by atoms with E-state index in [0.717, 1.165) is 10.5 Å². The Hall–Kier alpha value is -1.06. The number of hydroxylamine groups is 1. The maximum absolute atomic E-state index is 10.9. The van der Waals surface area contributed by atoms with E-state index in [2.05, 4.69) is 5.16 Å². The molecular formula is C7H14N2O2. The van der Waals surface area contributed by atoms with Crippen LogP contribution >= 0.6 is 0 Å². The van der Waals surface area contributed by atoms with Crippen LogP contribution in [-0.4, -0.2) is 27.9 Å². The lowest BCUT2D eigenvalue weighted by Crippen LogP contribution is -2.13. The highest BCUT2D eigenvalue weighted by atomic mass is 16.5. The van der Waals surface area contributed by atoms with Gasteiger partial charge < -0.3 is 10.4 Å². The lowest BCUT2D eigenvalue weighted by atomic mass is 10.3. The summed E-state index contributed by atoms with van der Waals surface area (Å²) in [5, 5.41) is 22.1. The highest BCUT2D eigenvalue weighted by molar-refractivity contribution is 5.81. The second-order valence-electron chi connectivity index (χ2n) is 2.63. The summed E-state index contributed by atoms with van der Waals surface area (Å²) < 4.78 is 0.884. The third kappa shape index (κ3) is 4.36. The van der Waals surface area contributed by atoms with Crippen molar-refractivity contribution in [2.24, 2.45) is 5.16 Å². The van der Waals surface area contributed by atoms with Gasteiger partial charge in [-0.3, -0.25) is 0 Å². The molecule has 0 aliphatic rings. The van der Waals surface area contributed by atoms with Crippen molar-refractivity contribution in [2.75, 3.05) is 6.54 Å². The zero-order valence-corrected chi connectivity index (χ0v) is 7.16. The highest BCUT2D eigenvalue weighted by Crippen LogP contribution is 1.87. The molecule has 0 aromatic carbocycles. The minimum Gasteiger partial charge on any atom is -0.624 e. The smallest absolute Gasteiger partial charge is 0.158 e. The molecule has 4 nitrogen and oxygen atoms in total. The summed E-state index contributed by atoms with van der Waals surface area (Å²) in [6.07, 6.45) is 0.505. The van der Waals surface area contributed by atoms with Crippen LogP contribution in [0.4, 0.5) is 0 Å². The first-order chi connectivity index (χ1) is 5.07. The molecule has 0 amide bonds. The van der Waals surface area contributed by atoms with Gasteiger partial charge in [-0.15, -0.1) is 0 Å². The Morgan fingerprint density at radius 1 is 1.45 bits per heavy atom. The van der Waals surface area contributed by atoms with E-state index < -0.39 is 0 Å².